The third kappa shape index (κ3) is 4.48. The van der Waals surface area contributed by atoms with E-state index in [1.54, 1.807) is 7.05 Å². The Morgan fingerprint density at radius 1 is 1.00 bits per heavy atom. The van der Waals surface area contributed by atoms with Crippen LogP contribution in [0.1, 0.15) is 62.8 Å². The van der Waals surface area contributed by atoms with E-state index in [1.165, 1.54) is 50.3 Å². The van der Waals surface area contributed by atoms with Gasteiger partial charge in [0.1, 0.15) is 11.6 Å². The van der Waals surface area contributed by atoms with Crippen molar-refractivity contribution in [3.8, 4) is 0 Å². The third-order valence-corrected chi connectivity index (χ3v) is 6.67. The van der Waals surface area contributed by atoms with Crippen molar-refractivity contribution in [3.63, 3.8) is 0 Å². The maximum atomic E-state index is 14.0. The number of piperidine rings is 1. The minimum absolute atomic E-state index is 0.0416. The van der Waals surface area contributed by atoms with E-state index in [4.69, 9.17) is 0 Å². The fraction of sp³-hybridized carbons (Fsp3) is 0.682. The molecule has 2 atom stereocenters. The number of guanidine groups is 1. The second-order valence-corrected chi connectivity index (χ2v) is 8.55. The molecule has 4 nitrogen and oxygen atoms in total. The molecule has 0 spiro atoms. The topological polar surface area (TPSA) is 39.7 Å². The highest BCUT2D eigenvalue weighted by Crippen LogP contribution is 2.43. The maximum absolute atomic E-state index is 14.0. The van der Waals surface area contributed by atoms with Crippen LogP contribution in [0.4, 0.5) is 8.78 Å². The molecule has 0 bridgehead atoms. The van der Waals surface area contributed by atoms with E-state index in [0.717, 1.165) is 44.4 Å². The van der Waals surface area contributed by atoms with Gasteiger partial charge in [0, 0.05) is 49.7 Å². The van der Waals surface area contributed by atoms with Gasteiger partial charge in [-0.15, -0.1) is 0 Å². The highest BCUT2D eigenvalue weighted by molar-refractivity contribution is 5.80. The number of halogens is 2. The summed E-state index contributed by atoms with van der Waals surface area (Å²) in [5.41, 5.74) is 0.205. The molecule has 28 heavy (non-hydrogen) atoms. The average molecular weight is 391 g/mol. The van der Waals surface area contributed by atoms with Crippen LogP contribution in [-0.2, 0) is 0 Å². The monoisotopic (exact) mass is 390 g/mol. The van der Waals surface area contributed by atoms with Crippen molar-refractivity contribution in [2.45, 2.75) is 75.4 Å². The molecule has 2 aliphatic carbocycles. The van der Waals surface area contributed by atoms with E-state index in [-0.39, 0.29) is 17.5 Å². The van der Waals surface area contributed by atoms with Crippen LogP contribution in [0, 0.1) is 11.6 Å². The molecule has 0 aromatic heterocycles. The van der Waals surface area contributed by atoms with Crippen molar-refractivity contribution in [2.75, 3.05) is 20.1 Å². The summed E-state index contributed by atoms with van der Waals surface area (Å²) >= 11 is 0. The van der Waals surface area contributed by atoms with Gasteiger partial charge < -0.3 is 15.5 Å². The van der Waals surface area contributed by atoms with Crippen LogP contribution in [0.3, 0.4) is 0 Å². The zero-order chi connectivity index (χ0) is 19.5. The molecular formula is C22H32F2N4. The van der Waals surface area contributed by atoms with E-state index in [9.17, 15) is 8.78 Å². The predicted molar refractivity (Wildman–Crippen MR) is 109 cm³/mol. The highest BCUT2D eigenvalue weighted by atomic mass is 19.1. The van der Waals surface area contributed by atoms with Crippen LogP contribution < -0.4 is 10.6 Å². The standard InChI is InChI=1S/C22H32F2N4/c1-25-22(27-20-14-17(20)21-18(23)8-5-9-19(21)24)26-15-10-12-28(13-11-15)16-6-3-2-4-7-16/h5,8-9,15-17,20H,2-4,6-7,10-14H2,1H3,(H2,25,26,27). The van der Waals surface area contributed by atoms with Crippen LogP contribution >= 0.6 is 0 Å². The van der Waals surface area contributed by atoms with Crippen molar-refractivity contribution in [1.29, 1.82) is 0 Å². The molecule has 1 saturated heterocycles. The highest BCUT2D eigenvalue weighted by Gasteiger charge is 2.42. The summed E-state index contributed by atoms with van der Waals surface area (Å²) in [6.07, 6.45) is 9.84. The molecule has 1 heterocycles. The van der Waals surface area contributed by atoms with Crippen LogP contribution in [0.25, 0.3) is 0 Å². The lowest BCUT2D eigenvalue weighted by atomic mass is 9.92. The molecule has 6 heteroatoms. The summed E-state index contributed by atoms with van der Waals surface area (Å²) in [6.45, 7) is 2.29. The molecule has 0 radical (unpaired) electrons. The van der Waals surface area contributed by atoms with Gasteiger partial charge in [-0.25, -0.2) is 8.78 Å². The molecule has 3 fully saturated rings. The Kier molecular flexibility index (Phi) is 6.14. The summed E-state index contributed by atoms with van der Waals surface area (Å²) < 4.78 is 28.0. The maximum Gasteiger partial charge on any atom is 0.191 e. The van der Waals surface area contributed by atoms with E-state index >= 15 is 0 Å². The number of hydrogen-bond acceptors (Lipinski definition) is 2. The normalized spacial score (nSPS) is 27.6. The van der Waals surface area contributed by atoms with Gasteiger partial charge in [-0.3, -0.25) is 4.99 Å². The molecule has 1 aromatic rings. The Hall–Kier alpha value is -1.69. The predicted octanol–water partition coefficient (Wildman–Crippen LogP) is 3.78. The Balaban J connectivity index is 1.25. The summed E-state index contributed by atoms with van der Waals surface area (Å²) in [5, 5.41) is 6.88. The molecule has 0 amide bonds. The number of hydrogen-bond donors (Lipinski definition) is 2. The quantitative estimate of drug-likeness (QED) is 0.607. The van der Waals surface area contributed by atoms with Crippen LogP contribution in [-0.4, -0.2) is 49.1 Å². The van der Waals surface area contributed by atoms with E-state index < -0.39 is 11.6 Å². The van der Waals surface area contributed by atoms with E-state index in [1.807, 2.05) is 0 Å². The Morgan fingerprint density at radius 3 is 2.32 bits per heavy atom. The lowest BCUT2D eigenvalue weighted by Crippen LogP contribution is -2.51. The van der Waals surface area contributed by atoms with Crippen molar-refractivity contribution < 1.29 is 8.78 Å². The van der Waals surface area contributed by atoms with Crippen LogP contribution in [0.5, 0.6) is 0 Å². The van der Waals surface area contributed by atoms with Gasteiger partial charge in [-0.2, -0.15) is 0 Å². The van der Waals surface area contributed by atoms with Gasteiger partial charge in [0.05, 0.1) is 0 Å². The average Bonchev–Trinajstić information content (AvgIpc) is 3.47. The van der Waals surface area contributed by atoms with Gasteiger partial charge in [-0.05, 0) is 44.2 Å². The second-order valence-electron chi connectivity index (χ2n) is 8.55. The van der Waals surface area contributed by atoms with Crippen molar-refractivity contribution in [2.24, 2.45) is 4.99 Å². The molecule has 2 N–H and O–H groups in total. The SMILES string of the molecule is CN=C(NC1CCN(C2CCCCC2)CC1)NC1CC1c1c(F)cccc1F. The van der Waals surface area contributed by atoms with Crippen molar-refractivity contribution in [3.05, 3.63) is 35.4 Å². The molecule has 1 aliphatic heterocycles. The first-order valence-corrected chi connectivity index (χ1v) is 10.8. The summed E-state index contributed by atoms with van der Waals surface area (Å²) in [4.78, 5) is 7.01. The molecular weight excluding hydrogens is 358 g/mol. The largest absolute Gasteiger partial charge is 0.354 e. The summed E-state index contributed by atoms with van der Waals surface area (Å²) in [5.74, 6) is -0.270. The number of rotatable bonds is 4. The third-order valence-electron chi connectivity index (χ3n) is 6.67. The van der Waals surface area contributed by atoms with Gasteiger partial charge >= 0.3 is 0 Å². The molecule has 154 valence electrons. The fourth-order valence-electron chi connectivity index (χ4n) is 4.93. The van der Waals surface area contributed by atoms with Crippen molar-refractivity contribution in [1.82, 2.24) is 15.5 Å². The molecule has 2 saturated carbocycles. The van der Waals surface area contributed by atoms with Gasteiger partial charge in [0.15, 0.2) is 5.96 Å². The smallest absolute Gasteiger partial charge is 0.191 e. The Labute approximate surface area is 166 Å². The lowest BCUT2D eigenvalue weighted by Gasteiger charge is -2.39. The number of aliphatic imine (C=N–C) groups is 1. The van der Waals surface area contributed by atoms with Gasteiger partial charge in [-0.1, -0.05) is 25.3 Å². The van der Waals surface area contributed by atoms with Crippen LogP contribution in [0.2, 0.25) is 0 Å². The Bertz CT molecular complexity index is 674. The van der Waals surface area contributed by atoms with Gasteiger partial charge in [0.2, 0.25) is 0 Å². The van der Waals surface area contributed by atoms with Crippen LogP contribution in [0.15, 0.2) is 23.2 Å². The summed E-state index contributed by atoms with van der Waals surface area (Å²) in [6, 6.07) is 5.32. The number of likely N-dealkylation sites (tertiary alicyclic amines) is 1. The van der Waals surface area contributed by atoms with Gasteiger partial charge in [0.25, 0.3) is 0 Å². The zero-order valence-electron chi connectivity index (χ0n) is 16.8. The molecule has 4 rings (SSSR count). The number of nitrogens with zero attached hydrogens (tertiary/aromatic N) is 2. The number of benzene rings is 1. The van der Waals surface area contributed by atoms with E-state index in [2.05, 4.69) is 20.5 Å². The minimum atomic E-state index is -0.452. The second kappa shape index (κ2) is 8.76. The number of nitrogens with one attached hydrogen (secondary N) is 2. The first kappa shape index (κ1) is 19.6. The first-order valence-electron chi connectivity index (χ1n) is 10.8. The Morgan fingerprint density at radius 2 is 1.68 bits per heavy atom. The first-order chi connectivity index (χ1) is 13.7. The fourth-order valence-corrected chi connectivity index (χ4v) is 4.93. The lowest BCUT2D eigenvalue weighted by molar-refractivity contribution is 0.119. The minimum Gasteiger partial charge on any atom is -0.354 e. The van der Waals surface area contributed by atoms with Crippen molar-refractivity contribution >= 4 is 5.96 Å². The molecule has 1 aromatic carbocycles. The summed E-state index contributed by atoms with van der Waals surface area (Å²) in [7, 11) is 1.76. The molecule has 2 unspecified atom stereocenters. The zero-order valence-corrected chi connectivity index (χ0v) is 16.8. The van der Waals surface area contributed by atoms with E-state index in [0.29, 0.717) is 6.04 Å². The molecule has 3 aliphatic rings.